The Morgan fingerprint density at radius 2 is 1.86 bits per heavy atom. The fourth-order valence-electron chi connectivity index (χ4n) is 2.46. The van der Waals surface area contributed by atoms with Gasteiger partial charge in [0.05, 0.1) is 24.9 Å². The molecular weight excluding hydrogens is 356 g/mol. The number of carbonyl (C=O) groups excluding carboxylic acids is 1. The summed E-state index contributed by atoms with van der Waals surface area (Å²) in [7, 11) is 1.55. The highest BCUT2D eigenvalue weighted by Crippen LogP contribution is 2.45. The van der Waals surface area contributed by atoms with Crippen LogP contribution in [0.5, 0.6) is 5.75 Å². The van der Waals surface area contributed by atoms with Crippen LogP contribution < -0.4 is 9.64 Å². The van der Waals surface area contributed by atoms with Gasteiger partial charge in [-0.15, -0.1) is 0 Å². The van der Waals surface area contributed by atoms with Gasteiger partial charge >= 0.3 is 11.8 Å². The van der Waals surface area contributed by atoms with Gasteiger partial charge in [-0.1, -0.05) is 28.1 Å². The smallest absolute Gasteiger partial charge is 0.352 e. The van der Waals surface area contributed by atoms with Crippen LogP contribution in [-0.4, -0.2) is 13.0 Å². The second-order valence-electron chi connectivity index (χ2n) is 4.98. The van der Waals surface area contributed by atoms with Gasteiger partial charge in [0.2, 0.25) is 0 Å². The number of halogens is 3. The fraction of sp³-hybridized carbons (Fsp3) is 0.188. The number of carbonyl (C=O) groups is 1. The average molecular weight is 368 g/mol. The normalized spacial score (nSPS) is 15.8. The minimum atomic E-state index is -3.48. The van der Waals surface area contributed by atoms with Crippen LogP contribution in [-0.2, 0) is 17.3 Å². The van der Waals surface area contributed by atoms with Crippen molar-refractivity contribution in [1.29, 1.82) is 0 Å². The number of amides is 1. The molecule has 1 heterocycles. The van der Waals surface area contributed by atoms with E-state index in [1.54, 1.807) is 31.4 Å². The Hall–Kier alpha value is -1.95. The summed E-state index contributed by atoms with van der Waals surface area (Å²) in [4.78, 5) is 13.2. The van der Waals surface area contributed by atoms with Gasteiger partial charge in [0.15, 0.2) is 0 Å². The van der Waals surface area contributed by atoms with E-state index in [4.69, 9.17) is 4.74 Å². The first kappa shape index (κ1) is 15.0. The van der Waals surface area contributed by atoms with Crippen LogP contribution in [0.3, 0.4) is 0 Å². The molecule has 114 valence electrons. The quantitative estimate of drug-likeness (QED) is 0.817. The number of benzene rings is 2. The molecule has 0 spiro atoms. The maximum absolute atomic E-state index is 14.1. The summed E-state index contributed by atoms with van der Waals surface area (Å²) < 4.78 is 33.9. The number of hydrogen-bond donors (Lipinski definition) is 0. The van der Waals surface area contributed by atoms with Crippen molar-refractivity contribution in [2.45, 2.75) is 12.5 Å². The standard InChI is InChI=1S/C16H12BrF2NO2/c1-22-12-5-2-10(3-6-12)9-20-14-8-11(17)4-7-13(14)16(18,19)15(20)21/h2-8H,9H2,1H3. The van der Waals surface area contributed by atoms with Crippen LogP contribution in [0.1, 0.15) is 11.1 Å². The number of anilines is 1. The van der Waals surface area contributed by atoms with Crippen molar-refractivity contribution in [3.05, 3.63) is 58.1 Å². The monoisotopic (exact) mass is 367 g/mol. The number of ether oxygens (including phenoxy) is 1. The Kier molecular flexibility index (Phi) is 3.64. The summed E-state index contributed by atoms with van der Waals surface area (Å²) in [6.07, 6.45) is 0. The molecule has 3 rings (SSSR count). The van der Waals surface area contributed by atoms with Gasteiger partial charge in [0.1, 0.15) is 5.75 Å². The van der Waals surface area contributed by atoms with Gasteiger partial charge in [-0.05, 0) is 35.9 Å². The third-order valence-corrected chi connectivity index (χ3v) is 4.10. The summed E-state index contributed by atoms with van der Waals surface area (Å²) in [5, 5.41) is 0. The Morgan fingerprint density at radius 3 is 2.50 bits per heavy atom. The van der Waals surface area contributed by atoms with Crippen LogP contribution in [0.2, 0.25) is 0 Å². The summed E-state index contributed by atoms with van der Waals surface area (Å²) in [6.45, 7) is 0.0852. The molecule has 3 nitrogen and oxygen atoms in total. The van der Waals surface area contributed by atoms with E-state index in [1.807, 2.05) is 0 Å². The second-order valence-corrected chi connectivity index (χ2v) is 5.89. The van der Waals surface area contributed by atoms with Crippen molar-refractivity contribution < 1.29 is 18.3 Å². The van der Waals surface area contributed by atoms with Crippen LogP contribution in [0.4, 0.5) is 14.5 Å². The zero-order chi connectivity index (χ0) is 15.9. The van der Waals surface area contributed by atoms with Crippen LogP contribution >= 0.6 is 15.9 Å². The number of rotatable bonds is 3. The first-order chi connectivity index (χ1) is 10.4. The molecule has 0 unspecified atom stereocenters. The van der Waals surface area contributed by atoms with E-state index in [0.29, 0.717) is 10.2 Å². The van der Waals surface area contributed by atoms with E-state index in [2.05, 4.69) is 15.9 Å². The van der Waals surface area contributed by atoms with E-state index in [1.165, 1.54) is 18.2 Å². The predicted octanol–water partition coefficient (Wildman–Crippen LogP) is 4.10. The maximum atomic E-state index is 14.1. The first-order valence-electron chi connectivity index (χ1n) is 6.56. The lowest BCUT2D eigenvalue weighted by Gasteiger charge is -2.18. The van der Waals surface area contributed by atoms with Crippen molar-refractivity contribution in [3.63, 3.8) is 0 Å². The largest absolute Gasteiger partial charge is 0.497 e. The summed E-state index contributed by atoms with van der Waals surface area (Å²) in [6, 6.07) is 11.3. The van der Waals surface area contributed by atoms with E-state index in [9.17, 15) is 13.6 Å². The summed E-state index contributed by atoms with van der Waals surface area (Å²) >= 11 is 3.25. The van der Waals surface area contributed by atoms with Gasteiger partial charge in [-0.25, -0.2) is 0 Å². The fourth-order valence-corrected chi connectivity index (χ4v) is 2.81. The number of fused-ring (bicyclic) bond motifs is 1. The minimum absolute atomic E-state index is 0.0852. The first-order valence-corrected chi connectivity index (χ1v) is 7.35. The maximum Gasteiger partial charge on any atom is 0.352 e. The topological polar surface area (TPSA) is 29.5 Å². The van der Waals surface area contributed by atoms with Crippen molar-refractivity contribution >= 4 is 27.5 Å². The van der Waals surface area contributed by atoms with Gasteiger partial charge < -0.3 is 9.64 Å². The molecule has 0 bridgehead atoms. The van der Waals surface area contributed by atoms with Crippen LogP contribution in [0.25, 0.3) is 0 Å². The molecular formula is C16H12BrF2NO2. The molecule has 22 heavy (non-hydrogen) atoms. The van der Waals surface area contributed by atoms with Gasteiger partial charge in [-0.2, -0.15) is 8.78 Å². The molecule has 1 amide bonds. The van der Waals surface area contributed by atoms with Crippen molar-refractivity contribution in [1.82, 2.24) is 0 Å². The van der Waals surface area contributed by atoms with Gasteiger partial charge in [0.25, 0.3) is 0 Å². The third kappa shape index (κ3) is 2.37. The zero-order valence-electron chi connectivity index (χ0n) is 11.6. The van der Waals surface area contributed by atoms with Gasteiger partial charge in [0, 0.05) is 4.47 Å². The molecule has 0 fully saturated rings. The van der Waals surface area contributed by atoms with E-state index in [0.717, 1.165) is 10.5 Å². The van der Waals surface area contributed by atoms with Crippen LogP contribution in [0.15, 0.2) is 46.9 Å². The molecule has 2 aromatic carbocycles. The van der Waals surface area contributed by atoms with Gasteiger partial charge in [-0.3, -0.25) is 4.79 Å². The van der Waals surface area contributed by atoms with E-state index < -0.39 is 11.8 Å². The molecule has 0 aromatic heterocycles. The minimum Gasteiger partial charge on any atom is -0.497 e. The molecule has 0 radical (unpaired) electrons. The molecule has 0 saturated heterocycles. The van der Waals surface area contributed by atoms with Crippen molar-refractivity contribution in [2.75, 3.05) is 12.0 Å². The summed E-state index contributed by atoms with van der Waals surface area (Å²) in [5.74, 6) is -4.01. The number of hydrogen-bond acceptors (Lipinski definition) is 2. The SMILES string of the molecule is COc1ccc(CN2C(=O)C(F)(F)c3ccc(Br)cc32)cc1. The molecule has 0 saturated carbocycles. The molecule has 1 aliphatic rings. The Morgan fingerprint density at radius 1 is 1.18 bits per heavy atom. The molecule has 6 heteroatoms. The number of methoxy groups -OCH3 is 1. The lowest BCUT2D eigenvalue weighted by atomic mass is 10.1. The predicted molar refractivity (Wildman–Crippen MR) is 82.2 cm³/mol. The molecule has 0 aliphatic carbocycles. The third-order valence-electron chi connectivity index (χ3n) is 3.60. The number of alkyl halides is 2. The van der Waals surface area contributed by atoms with E-state index in [-0.39, 0.29) is 17.8 Å². The highest BCUT2D eigenvalue weighted by molar-refractivity contribution is 9.10. The molecule has 0 atom stereocenters. The lowest BCUT2D eigenvalue weighted by molar-refractivity contribution is -0.141. The van der Waals surface area contributed by atoms with E-state index >= 15 is 0 Å². The Balaban J connectivity index is 1.97. The van der Waals surface area contributed by atoms with Crippen molar-refractivity contribution in [2.24, 2.45) is 0 Å². The Bertz CT molecular complexity index is 731. The summed E-state index contributed by atoms with van der Waals surface area (Å²) in [5.41, 5.74) is 0.729. The Labute approximate surface area is 134 Å². The lowest BCUT2D eigenvalue weighted by Crippen LogP contribution is -2.34. The second kappa shape index (κ2) is 5.35. The highest BCUT2D eigenvalue weighted by atomic mass is 79.9. The van der Waals surface area contributed by atoms with Crippen LogP contribution in [0, 0.1) is 0 Å². The van der Waals surface area contributed by atoms with Crippen molar-refractivity contribution in [3.8, 4) is 5.75 Å². The average Bonchev–Trinajstić information content (AvgIpc) is 2.69. The molecule has 0 N–H and O–H groups in total. The molecule has 2 aromatic rings. The molecule has 1 aliphatic heterocycles. The zero-order valence-corrected chi connectivity index (χ0v) is 13.2. The highest BCUT2D eigenvalue weighted by Gasteiger charge is 2.52. The number of nitrogens with zero attached hydrogens (tertiary/aromatic N) is 1.